The molecule has 0 aromatic carbocycles. The van der Waals surface area contributed by atoms with E-state index in [-0.39, 0.29) is 11.8 Å². The van der Waals surface area contributed by atoms with Crippen LogP contribution in [0.5, 0.6) is 0 Å². The Kier molecular flexibility index (Phi) is 6.67. The summed E-state index contributed by atoms with van der Waals surface area (Å²) in [5.74, 6) is -1.27. The summed E-state index contributed by atoms with van der Waals surface area (Å²) in [4.78, 5) is 23.4. The first-order valence-corrected chi connectivity index (χ1v) is 6.43. The lowest BCUT2D eigenvalue weighted by atomic mass is 9.97. The van der Waals surface area contributed by atoms with Gasteiger partial charge in [-0.15, -0.1) is 0 Å². The van der Waals surface area contributed by atoms with E-state index in [1.807, 2.05) is 0 Å². The number of rotatable bonds is 7. The fraction of sp³-hybridized carbons (Fsp3) is 0.833. The van der Waals surface area contributed by atoms with Crippen molar-refractivity contribution in [3.05, 3.63) is 0 Å². The van der Waals surface area contributed by atoms with Crippen molar-refractivity contribution in [2.75, 3.05) is 39.9 Å². The van der Waals surface area contributed by atoms with Gasteiger partial charge in [0, 0.05) is 45.0 Å². The van der Waals surface area contributed by atoms with Gasteiger partial charge in [0.15, 0.2) is 6.54 Å². The van der Waals surface area contributed by atoms with Gasteiger partial charge in [0.1, 0.15) is 0 Å². The summed E-state index contributed by atoms with van der Waals surface area (Å²) in [6, 6.07) is 0. The van der Waals surface area contributed by atoms with Crippen molar-refractivity contribution < 1.29 is 24.3 Å². The number of carboxylic acids is 1. The number of hydrogen-bond donors (Lipinski definition) is 2. The Hall–Kier alpha value is -1.14. The molecule has 0 aromatic rings. The van der Waals surface area contributed by atoms with E-state index >= 15 is 0 Å². The fourth-order valence-corrected chi connectivity index (χ4v) is 2.17. The van der Waals surface area contributed by atoms with Crippen LogP contribution in [0.15, 0.2) is 0 Å². The molecule has 0 radical (unpaired) electrons. The second-order valence-corrected chi connectivity index (χ2v) is 4.72. The van der Waals surface area contributed by atoms with Gasteiger partial charge in [0.25, 0.3) is 5.91 Å². The average Bonchev–Trinajstić information content (AvgIpc) is 2.35. The van der Waals surface area contributed by atoms with Gasteiger partial charge in [-0.25, -0.2) is 0 Å². The molecule has 0 aromatic heterocycles. The first kappa shape index (κ1) is 14.9. The summed E-state index contributed by atoms with van der Waals surface area (Å²) in [7, 11) is 1.63. The molecule has 0 saturated carbocycles. The van der Waals surface area contributed by atoms with Crippen LogP contribution in [0, 0.1) is 5.92 Å². The number of quaternary nitrogens is 1. The highest BCUT2D eigenvalue weighted by Crippen LogP contribution is 2.07. The average molecular weight is 258 g/mol. The van der Waals surface area contributed by atoms with Crippen LogP contribution in [0.2, 0.25) is 0 Å². The van der Waals surface area contributed by atoms with Crippen molar-refractivity contribution in [1.82, 2.24) is 5.32 Å². The molecule has 1 amide bonds. The van der Waals surface area contributed by atoms with Crippen LogP contribution in [0.25, 0.3) is 0 Å². The van der Waals surface area contributed by atoms with Crippen molar-refractivity contribution in [3.63, 3.8) is 0 Å². The molecule has 0 bridgehead atoms. The maximum atomic E-state index is 11.6. The molecule has 104 valence electrons. The van der Waals surface area contributed by atoms with Crippen molar-refractivity contribution in [3.8, 4) is 0 Å². The fourth-order valence-electron chi connectivity index (χ4n) is 2.17. The highest BCUT2D eigenvalue weighted by atomic mass is 16.5. The van der Waals surface area contributed by atoms with Gasteiger partial charge in [-0.2, -0.15) is 0 Å². The summed E-state index contributed by atoms with van der Waals surface area (Å²) in [6.07, 6.45) is 2.02. The standard InChI is InChI=1S/C12H22N2O4/c1-18-8-2-5-13-11(15)9-14-6-3-10(4-7-14)12(16)17/h10H,2-9H2,1H3,(H,13,15)(H,16,17). The number of aliphatic carboxylic acids is 1. The second kappa shape index (κ2) is 8.05. The third-order valence-electron chi connectivity index (χ3n) is 3.28. The molecule has 1 aliphatic heterocycles. The molecule has 1 fully saturated rings. The van der Waals surface area contributed by atoms with Crippen LogP contribution >= 0.6 is 0 Å². The quantitative estimate of drug-likeness (QED) is 0.483. The van der Waals surface area contributed by atoms with E-state index in [1.54, 1.807) is 7.11 Å². The predicted octanol–water partition coefficient (Wildman–Crippen LogP) is -2.82. The van der Waals surface area contributed by atoms with Crippen LogP contribution in [0.4, 0.5) is 0 Å². The number of ether oxygens (including phenoxy) is 1. The molecule has 1 heterocycles. The van der Waals surface area contributed by atoms with E-state index in [0.717, 1.165) is 24.4 Å². The Bertz CT molecular complexity index is 275. The number of nitrogens with one attached hydrogen (secondary N) is 2. The van der Waals surface area contributed by atoms with E-state index in [2.05, 4.69) is 5.32 Å². The van der Waals surface area contributed by atoms with E-state index in [4.69, 9.17) is 4.74 Å². The number of amides is 1. The third-order valence-corrected chi connectivity index (χ3v) is 3.28. The number of piperidine rings is 1. The maximum absolute atomic E-state index is 11.6. The zero-order chi connectivity index (χ0) is 13.4. The second-order valence-electron chi connectivity index (χ2n) is 4.72. The van der Waals surface area contributed by atoms with E-state index in [9.17, 15) is 14.7 Å². The van der Waals surface area contributed by atoms with Crippen molar-refractivity contribution in [2.24, 2.45) is 5.92 Å². The molecule has 2 N–H and O–H groups in total. The van der Waals surface area contributed by atoms with Gasteiger partial charge in [-0.1, -0.05) is 0 Å². The number of carboxylic acid groups (broad SMARTS) is 1. The molecule has 0 aliphatic carbocycles. The Labute approximate surface area is 107 Å². The molecule has 6 heteroatoms. The van der Waals surface area contributed by atoms with Crippen LogP contribution in [0.3, 0.4) is 0 Å². The molecule has 1 saturated heterocycles. The summed E-state index contributed by atoms with van der Waals surface area (Å²) in [6.45, 7) is 3.15. The van der Waals surface area contributed by atoms with Gasteiger partial charge in [0.05, 0.1) is 13.1 Å². The van der Waals surface area contributed by atoms with Gasteiger partial charge in [-0.05, 0) is 6.42 Å². The van der Waals surface area contributed by atoms with Crippen LogP contribution in [0.1, 0.15) is 19.3 Å². The maximum Gasteiger partial charge on any atom is 0.275 e. The van der Waals surface area contributed by atoms with Gasteiger partial charge < -0.3 is 24.9 Å². The number of methoxy groups -OCH3 is 1. The normalized spacial score (nSPS) is 23.6. The minimum absolute atomic E-state index is 0.0213. The highest BCUT2D eigenvalue weighted by Gasteiger charge is 2.24. The predicted molar refractivity (Wildman–Crippen MR) is 62.8 cm³/mol. The Balaban J connectivity index is 2.12. The van der Waals surface area contributed by atoms with E-state index in [0.29, 0.717) is 32.5 Å². The molecule has 0 spiro atoms. The molecule has 18 heavy (non-hydrogen) atoms. The van der Waals surface area contributed by atoms with Crippen molar-refractivity contribution >= 4 is 11.9 Å². The summed E-state index contributed by atoms with van der Waals surface area (Å²) >= 11 is 0. The number of carbonyl (C=O) groups excluding carboxylic acids is 2. The minimum Gasteiger partial charge on any atom is -0.550 e. The van der Waals surface area contributed by atoms with E-state index < -0.39 is 5.97 Å². The lowest BCUT2D eigenvalue weighted by Gasteiger charge is -2.29. The molecule has 0 unspecified atom stereocenters. The summed E-state index contributed by atoms with van der Waals surface area (Å²) < 4.78 is 4.89. The molecule has 6 nitrogen and oxygen atoms in total. The van der Waals surface area contributed by atoms with Crippen molar-refractivity contribution in [2.45, 2.75) is 19.3 Å². The first-order chi connectivity index (χ1) is 8.63. The monoisotopic (exact) mass is 258 g/mol. The van der Waals surface area contributed by atoms with Gasteiger partial charge in [0.2, 0.25) is 0 Å². The van der Waals surface area contributed by atoms with Crippen molar-refractivity contribution in [1.29, 1.82) is 0 Å². The van der Waals surface area contributed by atoms with E-state index in [1.165, 1.54) is 0 Å². The van der Waals surface area contributed by atoms with Crippen LogP contribution in [-0.2, 0) is 14.3 Å². The SMILES string of the molecule is COCCCNC(=O)C[NH+]1CCC(C(=O)[O-])CC1. The minimum atomic E-state index is -0.960. The number of hydrogen-bond acceptors (Lipinski definition) is 4. The summed E-state index contributed by atoms with van der Waals surface area (Å²) in [5.41, 5.74) is 0. The topological polar surface area (TPSA) is 82.9 Å². The highest BCUT2D eigenvalue weighted by molar-refractivity contribution is 5.76. The third kappa shape index (κ3) is 5.46. The molecular formula is C12H22N2O4. The largest absolute Gasteiger partial charge is 0.550 e. The molecular weight excluding hydrogens is 236 g/mol. The number of likely N-dealkylation sites (tertiary alicyclic amines) is 1. The lowest BCUT2D eigenvalue weighted by molar-refractivity contribution is -0.897. The lowest BCUT2D eigenvalue weighted by Crippen LogP contribution is -3.14. The smallest absolute Gasteiger partial charge is 0.275 e. The van der Waals surface area contributed by atoms with Crippen LogP contribution in [-0.4, -0.2) is 51.8 Å². The molecule has 0 atom stereocenters. The molecule has 1 aliphatic rings. The van der Waals surface area contributed by atoms with Gasteiger partial charge >= 0.3 is 0 Å². The zero-order valence-electron chi connectivity index (χ0n) is 10.9. The zero-order valence-corrected chi connectivity index (χ0v) is 10.9. The Morgan fingerprint density at radius 1 is 1.39 bits per heavy atom. The molecule has 1 rings (SSSR count). The number of carbonyl (C=O) groups is 2. The Morgan fingerprint density at radius 2 is 2.06 bits per heavy atom. The first-order valence-electron chi connectivity index (χ1n) is 6.43. The van der Waals surface area contributed by atoms with Crippen LogP contribution < -0.4 is 15.3 Å². The van der Waals surface area contributed by atoms with Gasteiger partial charge in [-0.3, -0.25) is 4.79 Å². The Morgan fingerprint density at radius 3 is 2.61 bits per heavy atom. The summed E-state index contributed by atoms with van der Waals surface area (Å²) in [5, 5.41) is 13.5.